The first-order valence-electron chi connectivity index (χ1n) is 8.44. The molecule has 1 saturated heterocycles. The van der Waals surface area contributed by atoms with Crippen molar-refractivity contribution in [2.45, 2.75) is 19.8 Å². The van der Waals surface area contributed by atoms with Gasteiger partial charge in [0.15, 0.2) is 0 Å². The lowest BCUT2D eigenvalue weighted by molar-refractivity contribution is -0.120. The molecule has 0 bridgehead atoms. The average Bonchev–Trinajstić information content (AvgIpc) is 2.63. The summed E-state index contributed by atoms with van der Waals surface area (Å²) in [4.78, 5) is 16.7. The predicted molar refractivity (Wildman–Crippen MR) is 100 cm³/mol. The van der Waals surface area contributed by atoms with Crippen molar-refractivity contribution in [2.24, 2.45) is 11.1 Å². The minimum Gasteiger partial charge on any atom is -0.326 e. The van der Waals surface area contributed by atoms with Gasteiger partial charge >= 0.3 is 0 Å². The Morgan fingerprint density at radius 2 is 1.96 bits per heavy atom. The minimum absolute atomic E-state index is 0.0921. The van der Waals surface area contributed by atoms with E-state index in [0.29, 0.717) is 12.8 Å². The molecule has 0 aliphatic carbocycles. The van der Waals surface area contributed by atoms with E-state index in [2.05, 4.69) is 10.3 Å². The number of nitrogens with two attached hydrogens (primary N) is 1. The van der Waals surface area contributed by atoms with Gasteiger partial charge in [0, 0.05) is 42.7 Å². The summed E-state index contributed by atoms with van der Waals surface area (Å²) >= 11 is 0. The molecule has 1 aliphatic heterocycles. The van der Waals surface area contributed by atoms with Crippen molar-refractivity contribution in [3.63, 3.8) is 0 Å². The summed E-state index contributed by atoms with van der Waals surface area (Å²) in [5, 5.41) is 8.12. The van der Waals surface area contributed by atoms with E-state index in [1.165, 1.54) is 4.31 Å². The molecule has 26 heavy (non-hydrogen) atoms. The Balaban J connectivity index is 1.70. The number of hydrogen-bond donors (Lipinski definition) is 2. The summed E-state index contributed by atoms with van der Waals surface area (Å²) in [6.07, 6.45) is 4.42. The van der Waals surface area contributed by atoms with Gasteiger partial charge in [-0.15, -0.1) is 0 Å². The number of piperidine rings is 1. The molecule has 1 fully saturated rings. The minimum atomic E-state index is -3.68. The maximum Gasteiger partial charge on any atom is 0.276 e. The molecule has 138 valence electrons. The second-order valence-corrected chi connectivity index (χ2v) is 8.03. The molecule has 3 N–H and O–H groups in total. The highest BCUT2D eigenvalue weighted by Gasteiger charge is 2.29. The standard InChI is InChI=1S/C18H22N4O3S/c1-13-4-5-15(16-3-2-8-20-12-16)11-17(13)21-18(23)14-6-9-22(10-7-14)26(19,24)25/h2-5,8,11-12,14H,6-7,9-10H2,1H3,(H,21,23)(H2,19,24,25). The third kappa shape index (κ3) is 4.27. The number of pyridine rings is 1. The molecular formula is C18H22N4O3S. The Kier molecular flexibility index (Phi) is 5.36. The van der Waals surface area contributed by atoms with Gasteiger partial charge in [-0.05, 0) is 43.0 Å². The van der Waals surface area contributed by atoms with Gasteiger partial charge in [-0.25, -0.2) is 5.14 Å². The monoisotopic (exact) mass is 374 g/mol. The van der Waals surface area contributed by atoms with Gasteiger partial charge in [0.1, 0.15) is 0 Å². The molecule has 7 nitrogen and oxygen atoms in total. The number of aromatic nitrogens is 1. The second kappa shape index (κ2) is 7.53. The van der Waals surface area contributed by atoms with E-state index in [4.69, 9.17) is 5.14 Å². The number of carbonyl (C=O) groups is 1. The maximum atomic E-state index is 12.6. The van der Waals surface area contributed by atoms with E-state index in [1.54, 1.807) is 12.4 Å². The van der Waals surface area contributed by atoms with Crippen LogP contribution in [0.3, 0.4) is 0 Å². The molecule has 0 spiro atoms. The van der Waals surface area contributed by atoms with Crippen LogP contribution in [0.4, 0.5) is 5.69 Å². The first-order valence-corrected chi connectivity index (χ1v) is 9.95. The Hall–Kier alpha value is -2.29. The van der Waals surface area contributed by atoms with Crippen LogP contribution >= 0.6 is 0 Å². The van der Waals surface area contributed by atoms with Gasteiger partial charge in [0.25, 0.3) is 10.2 Å². The molecule has 0 atom stereocenters. The summed E-state index contributed by atoms with van der Waals surface area (Å²) in [7, 11) is -3.68. The quantitative estimate of drug-likeness (QED) is 0.853. The van der Waals surface area contributed by atoms with Crippen molar-refractivity contribution in [3.8, 4) is 11.1 Å². The van der Waals surface area contributed by atoms with Crippen LogP contribution in [0.25, 0.3) is 11.1 Å². The zero-order chi connectivity index (χ0) is 18.7. The van der Waals surface area contributed by atoms with Gasteiger partial charge in [0.2, 0.25) is 5.91 Å². The number of carbonyl (C=O) groups excluding carboxylic acids is 1. The molecule has 8 heteroatoms. The summed E-state index contributed by atoms with van der Waals surface area (Å²) < 4.78 is 24.0. The fraction of sp³-hybridized carbons (Fsp3) is 0.333. The number of amides is 1. The maximum absolute atomic E-state index is 12.6. The fourth-order valence-corrected chi connectivity index (χ4v) is 3.80. The molecule has 1 aliphatic rings. The van der Waals surface area contributed by atoms with E-state index in [1.807, 2.05) is 37.3 Å². The summed E-state index contributed by atoms with van der Waals surface area (Å²) in [5.74, 6) is -0.319. The molecule has 2 aromatic rings. The lowest BCUT2D eigenvalue weighted by atomic mass is 9.96. The van der Waals surface area contributed by atoms with Gasteiger partial charge < -0.3 is 5.32 Å². The van der Waals surface area contributed by atoms with Gasteiger partial charge in [-0.2, -0.15) is 12.7 Å². The van der Waals surface area contributed by atoms with E-state index >= 15 is 0 Å². The zero-order valence-electron chi connectivity index (χ0n) is 14.6. The molecule has 0 saturated carbocycles. The third-order valence-electron chi connectivity index (χ3n) is 4.67. The zero-order valence-corrected chi connectivity index (χ0v) is 15.4. The van der Waals surface area contributed by atoms with Crippen LogP contribution in [0.1, 0.15) is 18.4 Å². The number of aryl methyl sites for hydroxylation is 1. The lowest BCUT2D eigenvalue weighted by Gasteiger charge is -2.29. The molecule has 0 radical (unpaired) electrons. The topological polar surface area (TPSA) is 105 Å². The molecular weight excluding hydrogens is 352 g/mol. The van der Waals surface area contributed by atoms with Crippen LogP contribution < -0.4 is 10.5 Å². The van der Waals surface area contributed by atoms with Gasteiger partial charge in [0.05, 0.1) is 0 Å². The molecule has 0 unspecified atom stereocenters. The number of nitrogens with zero attached hydrogens (tertiary/aromatic N) is 2. The molecule has 2 heterocycles. The molecule has 1 aromatic carbocycles. The smallest absolute Gasteiger partial charge is 0.276 e. The van der Waals surface area contributed by atoms with E-state index < -0.39 is 10.2 Å². The Morgan fingerprint density at radius 1 is 1.23 bits per heavy atom. The van der Waals surface area contributed by atoms with Crippen molar-refractivity contribution in [1.29, 1.82) is 0 Å². The van der Waals surface area contributed by atoms with E-state index in [9.17, 15) is 13.2 Å². The number of nitrogens with one attached hydrogen (secondary N) is 1. The van der Waals surface area contributed by atoms with Crippen LogP contribution in [-0.4, -0.2) is 36.7 Å². The van der Waals surface area contributed by atoms with Crippen LogP contribution in [-0.2, 0) is 15.0 Å². The predicted octanol–water partition coefficient (Wildman–Crippen LogP) is 1.91. The SMILES string of the molecule is Cc1ccc(-c2cccnc2)cc1NC(=O)C1CCN(S(N)(=O)=O)CC1. The summed E-state index contributed by atoms with van der Waals surface area (Å²) in [6.45, 7) is 2.48. The highest BCUT2D eigenvalue weighted by molar-refractivity contribution is 7.86. The highest BCUT2D eigenvalue weighted by Crippen LogP contribution is 2.26. The van der Waals surface area contributed by atoms with Crippen LogP contribution in [0.15, 0.2) is 42.7 Å². The van der Waals surface area contributed by atoms with Gasteiger partial charge in [-0.3, -0.25) is 9.78 Å². The molecule has 1 aromatic heterocycles. The van der Waals surface area contributed by atoms with E-state index in [-0.39, 0.29) is 24.9 Å². The van der Waals surface area contributed by atoms with Crippen molar-refractivity contribution in [2.75, 3.05) is 18.4 Å². The normalized spacial score (nSPS) is 16.4. The van der Waals surface area contributed by atoms with Crippen LogP contribution in [0.5, 0.6) is 0 Å². The second-order valence-electron chi connectivity index (χ2n) is 6.48. The number of benzene rings is 1. The van der Waals surface area contributed by atoms with Crippen molar-refractivity contribution in [1.82, 2.24) is 9.29 Å². The van der Waals surface area contributed by atoms with Crippen molar-refractivity contribution >= 4 is 21.8 Å². The highest BCUT2D eigenvalue weighted by atomic mass is 32.2. The average molecular weight is 374 g/mol. The van der Waals surface area contributed by atoms with Gasteiger partial charge in [-0.1, -0.05) is 18.2 Å². The molecule has 3 rings (SSSR count). The molecule has 1 amide bonds. The Labute approximate surface area is 153 Å². The van der Waals surface area contributed by atoms with Crippen LogP contribution in [0.2, 0.25) is 0 Å². The first-order chi connectivity index (χ1) is 12.3. The largest absolute Gasteiger partial charge is 0.326 e. The third-order valence-corrected chi connectivity index (χ3v) is 5.76. The lowest BCUT2D eigenvalue weighted by Crippen LogP contribution is -2.44. The Morgan fingerprint density at radius 3 is 2.58 bits per heavy atom. The Bertz CT molecular complexity index is 892. The van der Waals surface area contributed by atoms with Crippen molar-refractivity contribution in [3.05, 3.63) is 48.3 Å². The number of anilines is 1. The number of rotatable bonds is 4. The first kappa shape index (κ1) is 18.5. The summed E-state index contributed by atoms with van der Waals surface area (Å²) in [5.41, 5.74) is 3.67. The van der Waals surface area contributed by atoms with Crippen molar-refractivity contribution < 1.29 is 13.2 Å². The number of hydrogen-bond acceptors (Lipinski definition) is 4. The van der Waals surface area contributed by atoms with E-state index in [0.717, 1.165) is 22.4 Å². The van der Waals surface area contributed by atoms with Crippen LogP contribution in [0, 0.1) is 12.8 Å². The summed E-state index contributed by atoms with van der Waals surface area (Å²) in [6, 6.07) is 9.72. The fourth-order valence-electron chi connectivity index (χ4n) is 3.08.